The molecule has 2 aromatic heterocycles. The molecule has 16 nitrogen and oxygen atoms in total. The Balaban J connectivity index is 0.000000187. The monoisotopic (exact) mass is 1050 g/mol. The van der Waals surface area contributed by atoms with Crippen LogP contribution in [-0.4, -0.2) is 96.6 Å². The lowest BCUT2D eigenvalue weighted by molar-refractivity contribution is 0.0215. The Hall–Kier alpha value is -6.47. The van der Waals surface area contributed by atoms with Crippen molar-refractivity contribution in [3.8, 4) is 0 Å². The summed E-state index contributed by atoms with van der Waals surface area (Å²) in [5.74, 6) is 2.36. The van der Waals surface area contributed by atoms with Crippen molar-refractivity contribution in [1.82, 2.24) is 25.3 Å². The predicted octanol–water partition coefficient (Wildman–Crippen LogP) is 11.1. The normalized spacial score (nSPS) is 16.9. The first-order valence-corrected chi connectivity index (χ1v) is 31.0. The highest BCUT2D eigenvalue weighted by Crippen LogP contribution is 2.51. The molecule has 1 amide bonds. The van der Waals surface area contributed by atoms with Gasteiger partial charge in [0.1, 0.15) is 31.5 Å². The number of nitrogens with zero attached hydrogens (tertiary/aromatic N) is 6. The van der Waals surface area contributed by atoms with Gasteiger partial charge >= 0.3 is 6.09 Å². The first-order valence-electron chi connectivity index (χ1n) is 25.8. The molecular weight excluding hydrogens is 979 g/mol. The van der Waals surface area contributed by atoms with Crippen LogP contribution in [0.25, 0.3) is 0 Å². The molecule has 4 aliphatic rings. The first-order chi connectivity index (χ1) is 35.3. The van der Waals surface area contributed by atoms with Crippen LogP contribution in [0.3, 0.4) is 0 Å². The Kier molecular flexibility index (Phi) is 14.6. The lowest BCUT2D eigenvalue weighted by Crippen LogP contribution is -2.67. The van der Waals surface area contributed by atoms with Crippen LogP contribution in [0, 0.1) is 38.5 Å². The van der Waals surface area contributed by atoms with Gasteiger partial charge in [0.25, 0.3) is 0 Å². The SMILES string of the molecule is Cc1cc(Nc2ncc(C)c(Nc3ccccc3P(C)(C)=O)n2)ccc1N1CC2(CC(N)C2)C1.Cc1cc(Nc2ncc(C)c(Nc3ccccc3P(C)(C)=O)n2)ccc1N1CC2(CC(NC(=O)OC(C)(C)C)C2)C1. The molecule has 0 unspecified atom stereocenters. The molecule has 2 saturated carbocycles. The van der Waals surface area contributed by atoms with Gasteiger partial charge in [0.05, 0.1) is 11.4 Å². The van der Waals surface area contributed by atoms with Crippen molar-refractivity contribution in [2.75, 3.05) is 83.9 Å². The third kappa shape index (κ3) is 12.5. The van der Waals surface area contributed by atoms with E-state index in [1.807, 2.05) is 83.1 Å². The summed E-state index contributed by atoms with van der Waals surface area (Å²) in [6.07, 6.45) is 7.53. The maximum atomic E-state index is 12.8. The van der Waals surface area contributed by atoms with Crippen LogP contribution in [0.5, 0.6) is 0 Å². The fourth-order valence-corrected chi connectivity index (χ4v) is 13.4. The number of carbonyl (C=O) groups excluding carboxylic acids is 1. The third-order valence-electron chi connectivity index (χ3n) is 14.6. The van der Waals surface area contributed by atoms with Gasteiger partial charge in [-0.25, -0.2) is 14.8 Å². The van der Waals surface area contributed by atoms with E-state index < -0.39 is 19.9 Å². The van der Waals surface area contributed by atoms with Gasteiger partial charge in [0.15, 0.2) is 0 Å². The van der Waals surface area contributed by atoms with E-state index in [1.54, 1.807) is 39.1 Å². The van der Waals surface area contributed by atoms with Crippen LogP contribution in [0.2, 0.25) is 0 Å². The molecule has 18 heteroatoms. The fourth-order valence-electron chi connectivity index (χ4n) is 11.0. The molecule has 2 aliphatic heterocycles. The van der Waals surface area contributed by atoms with Gasteiger partial charge in [-0.3, -0.25) is 0 Å². The summed E-state index contributed by atoms with van der Waals surface area (Å²) in [5, 5.41) is 18.0. The van der Waals surface area contributed by atoms with Crippen LogP contribution in [0.4, 0.5) is 62.5 Å². The Bertz CT molecular complexity index is 3190. The number of carbonyl (C=O) groups is 1. The molecule has 6 aromatic rings. The maximum Gasteiger partial charge on any atom is 0.407 e. The van der Waals surface area contributed by atoms with Gasteiger partial charge in [-0.05, 0) is 173 Å². The molecule has 0 bridgehead atoms. The highest BCUT2D eigenvalue weighted by Gasteiger charge is 2.53. The number of nitrogens with two attached hydrogens (primary N) is 1. The molecule has 75 heavy (non-hydrogen) atoms. The average molecular weight is 1050 g/mol. The number of hydrogen-bond acceptors (Lipinski definition) is 15. The number of alkyl carbamates (subject to hydrolysis) is 1. The van der Waals surface area contributed by atoms with E-state index in [1.165, 1.54) is 22.5 Å². The summed E-state index contributed by atoms with van der Waals surface area (Å²) in [7, 11) is -4.89. The Labute approximate surface area is 442 Å². The minimum absolute atomic E-state index is 0.190. The summed E-state index contributed by atoms with van der Waals surface area (Å²) < 4.78 is 30.9. The van der Waals surface area contributed by atoms with Gasteiger partial charge in [0.2, 0.25) is 11.9 Å². The standard InChI is InChI=1S/C31H41N6O3P.C26H33N6OP/c1-20-14-22(12-13-25(20)37-18-31(19-37)15-23(16-31)34-29(38)40-30(3,4)5)33-28-32-17-21(2)27(36-28)35-24-10-8-9-11-26(24)41(6,7)39;1-17-11-20(9-10-22(17)32-15-26(16-32)12-19(27)13-26)29-25-28-14-18(2)24(31-25)30-21-7-5-6-8-23(21)34(3,4)33/h8-14,17,23H,15-16,18-19H2,1-7H3,(H,34,38)(H2,32,33,35,36);5-11,14,19H,12-13,15-16,27H2,1-4H3,(H2,28,29,30,31). The van der Waals surface area contributed by atoms with Crippen molar-refractivity contribution >= 4 is 88.6 Å². The second-order valence-electron chi connectivity index (χ2n) is 23.3. The van der Waals surface area contributed by atoms with Gasteiger partial charge in [-0.1, -0.05) is 24.3 Å². The molecule has 10 rings (SSSR count). The zero-order chi connectivity index (χ0) is 53.7. The molecule has 396 valence electrons. The lowest BCUT2D eigenvalue weighted by atomic mass is 9.60. The number of nitrogens with one attached hydrogen (secondary N) is 5. The topological polar surface area (TPSA) is 205 Å². The van der Waals surface area contributed by atoms with E-state index in [2.05, 4.69) is 96.6 Å². The van der Waals surface area contributed by atoms with Crippen LogP contribution >= 0.6 is 14.3 Å². The summed E-state index contributed by atoms with van der Waals surface area (Å²) in [6, 6.07) is 28.6. The molecule has 2 saturated heterocycles. The molecule has 4 aromatic carbocycles. The molecule has 2 spiro atoms. The van der Waals surface area contributed by atoms with Crippen molar-refractivity contribution in [2.24, 2.45) is 16.6 Å². The number of amides is 1. The zero-order valence-electron chi connectivity index (χ0n) is 45.3. The van der Waals surface area contributed by atoms with Crippen molar-refractivity contribution in [3.05, 3.63) is 120 Å². The fraction of sp³-hybridized carbons (Fsp3) is 0.421. The van der Waals surface area contributed by atoms with Crippen LogP contribution in [0.15, 0.2) is 97.3 Å². The zero-order valence-corrected chi connectivity index (χ0v) is 47.1. The number of aromatic nitrogens is 4. The van der Waals surface area contributed by atoms with Gasteiger partial charge in [0, 0.05) is 106 Å². The second kappa shape index (κ2) is 20.6. The van der Waals surface area contributed by atoms with Gasteiger partial charge in [-0.2, -0.15) is 9.97 Å². The van der Waals surface area contributed by atoms with Crippen LogP contribution in [0.1, 0.15) is 68.7 Å². The summed E-state index contributed by atoms with van der Waals surface area (Å²) in [6.45, 7) is 25.1. The smallest absolute Gasteiger partial charge is 0.407 e. The lowest BCUT2D eigenvalue weighted by Gasteiger charge is -2.60. The second-order valence-corrected chi connectivity index (χ2v) is 29.7. The molecule has 2 aliphatic carbocycles. The number of aryl methyl sites for hydroxylation is 4. The number of benzene rings is 4. The number of anilines is 10. The Morgan fingerprint density at radius 1 is 0.613 bits per heavy atom. The molecule has 7 N–H and O–H groups in total. The highest BCUT2D eigenvalue weighted by atomic mass is 31.2. The van der Waals surface area contributed by atoms with Crippen molar-refractivity contribution in [2.45, 2.75) is 91.8 Å². The number of para-hydroxylation sites is 2. The molecule has 4 heterocycles. The molecular formula is C57H74N12O4P2. The van der Waals surface area contributed by atoms with Gasteiger partial charge in [-0.15, -0.1) is 0 Å². The highest BCUT2D eigenvalue weighted by molar-refractivity contribution is 7.70. The van der Waals surface area contributed by atoms with Crippen molar-refractivity contribution in [1.29, 1.82) is 0 Å². The predicted molar refractivity (Wildman–Crippen MR) is 309 cm³/mol. The molecule has 4 fully saturated rings. The average Bonchev–Trinajstić information content (AvgIpc) is 3.27. The number of rotatable bonds is 13. The first kappa shape index (κ1) is 53.4. The summed E-state index contributed by atoms with van der Waals surface area (Å²) >= 11 is 0. The summed E-state index contributed by atoms with van der Waals surface area (Å²) in [5.41, 5.74) is 16.4. The van der Waals surface area contributed by atoms with E-state index in [9.17, 15) is 13.9 Å². The quantitative estimate of drug-likeness (QED) is 0.0596. The maximum absolute atomic E-state index is 12.8. The van der Waals surface area contributed by atoms with Crippen molar-refractivity contribution < 1.29 is 18.7 Å². The minimum Gasteiger partial charge on any atom is -0.444 e. The van der Waals surface area contributed by atoms with E-state index in [0.717, 1.165) is 96.3 Å². The largest absolute Gasteiger partial charge is 0.444 e. The van der Waals surface area contributed by atoms with Crippen molar-refractivity contribution in [3.63, 3.8) is 0 Å². The number of ether oxygens (including phenoxy) is 1. The Morgan fingerprint density at radius 2 is 1.03 bits per heavy atom. The Morgan fingerprint density at radius 3 is 1.41 bits per heavy atom. The van der Waals surface area contributed by atoms with E-state index >= 15 is 0 Å². The van der Waals surface area contributed by atoms with Gasteiger partial charge < -0.3 is 56.0 Å². The van der Waals surface area contributed by atoms with E-state index in [-0.39, 0.29) is 17.6 Å². The van der Waals surface area contributed by atoms with Crippen LogP contribution in [-0.2, 0) is 13.9 Å². The molecule has 0 atom stereocenters. The van der Waals surface area contributed by atoms with Crippen LogP contribution < -0.4 is 52.7 Å². The molecule has 0 radical (unpaired) electrons. The summed E-state index contributed by atoms with van der Waals surface area (Å²) in [4.78, 5) is 35.3. The third-order valence-corrected chi connectivity index (χ3v) is 17.7. The van der Waals surface area contributed by atoms with E-state index in [4.69, 9.17) is 20.4 Å². The minimum atomic E-state index is -2.46. The number of hydrogen-bond donors (Lipinski definition) is 6. The van der Waals surface area contributed by atoms with E-state index in [0.29, 0.717) is 35.0 Å².